The van der Waals surface area contributed by atoms with Gasteiger partial charge in [-0.1, -0.05) is 35.8 Å². The molecule has 0 aliphatic heterocycles. The Hall–Kier alpha value is -0.740. The highest BCUT2D eigenvalue weighted by Crippen LogP contribution is 2.19. The predicted molar refractivity (Wildman–Crippen MR) is 70.2 cm³/mol. The first-order valence-corrected chi connectivity index (χ1v) is 6.41. The van der Waals surface area contributed by atoms with E-state index in [4.69, 9.17) is 5.73 Å². The van der Waals surface area contributed by atoms with E-state index < -0.39 is 0 Å². The van der Waals surface area contributed by atoms with Crippen molar-refractivity contribution in [1.29, 1.82) is 0 Å². The van der Waals surface area contributed by atoms with Gasteiger partial charge in [0.2, 0.25) is 0 Å². The number of Topliss-reactive ketones (excluding diaryl/α,β-unsaturated/α-hetero) is 1. The molecule has 0 aliphatic carbocycles. The van der Waals surface area contributed by atoms with Gasteiger partial charge in [-0.05, 0) is 23.6 Å². The van der Waals surface area contributed by atoms with Crippen molar-refractivity contribution in [3.05, 3.63) is 34.1 Å². The van der Waals surface area contributed by atoms with Crippen LogP contribution in [0.3, 0.4) is 0 Å². The number of carbonyl (C=O) groups excluding carboxylic acids is 1. The maximum absolute atomic E-state index is 13.6. The Labute approximate surface area is 110 Å². The van der Waals surface area contributed by atoms with Crippen LogP contribution in [0.4, 0.5) is 4.39 Å². The highest BCUT2D eigenvalue weighted by Gasteiger charge is 2.21. The third-order valence-electron chi connectivity index (χ3n) is 2.85. The van der Waals surface area contributed by atoms with Crippen molar-refractivity contribution in [2.75, 3.05) is 6.54 Å². The lowest BCUT2D eigenvalue weighted by molar-refractivity contribution is -0.123. The predicted octanol–water partition coefficient (Wildman–Crippen LogP) is 2.93. The Morgan fingerprint density at radius 3 is 2.59 bits per heavy atom. The molecule has 1 aromatic rings. The summed E-state index contributed by atoms with van der Waals surface area (Å²) in [7, 11) is 0. The second kappa shape index (κ2) is 6.26. The first kappa shape index (κ1) is 14.3. The van der Waals surface area contributed by atoms with Gasteiger partial charge in [-0.2, -0.15) is 0 Å². The summed E-state index contributed by atoms with van der Waals surface area (Å²) in [5.41, 5.74) is 6.00. The lowest BCUT2D eigenvalue weighted by Crippen LogP contribution is -2.29. The van der Waals surface area contributed by atoms with Crippen molar-refractivity contribution in [3.63, 3.8) is 0 Å². The minimum Gasteiger partial charge on any atom is -0.330 e. The molecular weight excluding hydrogens is 285 g/mol. The van der Waals surface area contributed by atoms with Crippen molar-refractivity contribution in [2.24, 2.45) is 17.6 Å². The molecule has 1 aromatic carbocycles. The fraction of sp³-hybridized carbons (Fsp3) is 0.462. The zero-order chi connectivity index (χ0) is 13.0. The van der Waals surface area contributed by atoms with Gasteiger partial charge < -0.3 is 5.73 Å². The number of rotatable bonds is 5. The molecule has 0 aliphatic rings. The summed E-state index contributed by atoms with van der Waals surface area (Å²) in [6.07, 6.45) is 0.110. The zero-order valence-electron chi connectivity index (χ0n) is 10.0. The summed E-state index contributed by atoms with van der Waals surface area (Å²) < 4.78 is 14.2. The molecule has 2 nitrogen and oxygen atoms in total. The van der Waals surface area contributed by atoms with Crippen molar-refractivity contribution in [1.82, 2.24) is 0 Å². The standard InChI is InChI=1S/C13H17BrFNO/c1-8(2)11(7-16)13(17)5-9-3-4-10(14)6-12(9)15/h3-4,6,8,11H,5,7,16H2,1-2H3. The Morgan fingerprint density at radius 2 is 2.12 bits per heavy atom. The molecule has 0 spiro atoms. The molecule has 0 radical (unpaired) electrons. The summed E-state index contributed by atoms with van der Waals surface area (Å²) in [6, 6.07) is 4.74. The Bertz CT molecular complexity index is 406. The average molecular weight is 302 g/mol. The van der Waals surface area contributed by atoms with E-state index in [0.29, 0.717) is 16.6 Å². The SMILES string of the molecule is CC(C)C(CN)C(=O)Cc1ccc(Br)cc1F. The molecule has 2 N–H and O–H groups in total. The molecule has 1 atom stereocenters. The van der Waals surface area contributed by atoms with Gasteiger partial charge in [0, 0.05) is 23.4 Å². The van der Waals surface area contributed by atoms with Crippen LogP contribution in [0.2, 0.25) is 0 Å². The molecule has 0 amide bonds. The summed E-state index contributed by atoms with van der Waals surface area (Å²) in [6.45, 7) is 4.22. The summed E-state index contributed by atoms with van der Waals surface area (Å²) in [4.78, 5) is 12.0. The van der Waals surface area contributed by atoms with E-state index in [-0.39, 0.29) is 29.9 Å². The Kier molecular flexibility index (Phi) is 5.28. The van der Waals surface area contributed by atoms with E-state index in [2.05, 4.69) is 15.9 Å². The molecule has 0 saturated heterocycles. The molecule has 17 heavy (non-hydrogen) atoms. The van der Waals surface area contributed by atoms with Crippen LogP contribution in [-0.4, -0.2) is 12.3 Å². The van der Waals surface area contributed by atoms with E-state index in [1.54, 1.807) is 12.1 Å². The van der Waals surface area contributed by atoms with Crippen LogP contribution in [0.5, 0.6) is 0 Å². The van der Waals surface area contributed by atoms with Crippen LogP contribution in [-0.2, 0) is 11.2 Å². The van der Waals surface area contributed by atoms with Gasteiger partial charge in [-0.15, -0.1) is 0 Å². The van der Waals surface area contributed by atoms with Gasteiger partial charge in [0.15, 0.2) is 0 Å². The number of hydrogen-bond acceptors (Lipinski definition) is 2. The second-order valence-electron chi connectivity index (χ2n) is 4.47. The number of ketones is 1. The molecule has 0 fully saturated rings. The summed E-state index contributed by atoms with van der Waals surface area (Å²) in [5, 5.41) is 0. The third-order valence-corrected chi connectivity index (χ3v) is 3.35. The van der Waals surface area contributed by atoms with Crippen LogP contribution < -0.4 is 5.73 Å². The van der Waals surface area contributed by atoms with Crippen LogP contribution in [0.1, 0.15) is 19.4 Å². The fourth-order valence-electron chi connectivity index (χ4n) is 1.76. The maximum Gasteiger partial charge on any atom is 0.141 e. The normalized spacial score (nSPS) is 12.8. The van der Waals surface area contributed by atoms with Gasteiger partial charge in [0.25, 0.3) is 0 Å². The van der Waals surface area contributed by atoms with E-state index in [1.807, 2.05) is 13.8 Å². The smallest absolute Gasteiger partial charge is 0.141 e. The monoisotopic (exact) mass is 301 g/mol. The van der Waals surface area contributed by atoms with Crippen molar-refractivity contribution < 1.29 is 9.18 Å². The summed E-state index contributed by atoms with van der Waals surface area (Å²) >= 11 is 3.18. The van der Waals surface area contributed by atoms with Gasteiger partial charge in [0.1, 0.15) is 11.6 Å². The van der Waals surface area contributed by atoms with Gasteiger partial charge >= 0.3 is 0 Å². The van der Waals surface area contributed by atoms with Crippen molar-refractivity contribution in [3.8, 4) is 0 Å². The minimum absolute atomic E-state index is 0.00345. The van der Waals surface area contributed by atoms with Crippen LogP contribution in [0, 0.1) is 17.7 Å². The molecule has 0 heterocycles. The average Bonchev–Trinajstić information content (AvgIpc) is 2.22. The van der Waals surface area contributed by atoms with Crippen LogP contribution in [0.25, 0.3) is 0 Å². The van der Waals surface area contributed by atoms with Gasteiger partial charge in [-0.25, -0.2) is 4.39 Å². The quantitative estimate of drug-likeness (QED) is 0.909. The lowest BCUT2D eigenvalue weighted by atomic mass is 9.88. The number of halogens is 2. The lowest BCUT2D eigenvalue weighted by Gasteiger charge is -2.17. The summed E-state index contributed by atoms with van der Waals surface area (Å²) in [5.74, 6) is -0.361. The Morgan fingerprint density at radius 1 is 1.47 bits per heavy atom. The molecule has 1 unspecified atom stereocenters. The van der Waals surface area contributed by atoms with E-state index in [0.717, 1.165) is 0 Å². The first-order valence-electron chi connectivity index (χ1n) is 5.62. The Balaban J connectivity index is 2.80. The fourth-order valence-corrected chi connectivity index (χ4v) is 2.09. The highest BCUT2D eigenvalue weighted by molar-refractivity contribution is 9.10. The molecule has 1 rings (SSSR count). The molecule has 4 heteroatoms. The molecule has 0 aromatic heterocycles. The maximum atomic E-state index is 13.6. The first-order chi connectivity index (χ1) is 7.95. The zero-order valence-corrected chi connectivity index (χ0v) is 11.6. The molecule has 94 valence electrons. The number of carbonyl (C=O) groups is 1. The highest BCUT2D eigenvalue weighted by atomic mass is 79.9. The minimum atomic E-state index is -0.354. The van der Waals surface area contributed by atoms with Crippen molar-refractivity contribution in [2.45, 2.75) is 20.3 Å². The van der Waals surface area contributed by atoms with E-state index >= 15 is 0 Å². The molecule has 0 bridgehead atoms. The number of hydrogen-bond donors (Lipinski definition) is 1. The van der Waals surface area contributed by atoms with Crippen LogP contribution >= 0.6 is 15.9 Å². The van der Waals surface area contributed by atoms with Crippen molar-refractivity contribution >= 4 is 21.7 Å². The molecule has 0 saturated carbocycles. The number of benzene rings is 1. The molecular formula is C13H17BrFNO. The number of nitrogens with two attached hydrogens (primary N) is 1. The second-order valence-corrected chi connectivity index (χ2v) is 5.38. The van der Waals surface area contributed by atoms with E-state index in [9.17, 15) is 9.18 Å². The van der Waals surface area contributed by atoms with E-state index in [1.165, 1.54) is 6.07 Å². The van der Waals surface area contributed by atoms with Gasteiger partial charge in [0.05, 0.1) is 0 Å². The van der Waals surface area contributed by atoms with Gasteiger partial charge in [-0.3, -0.25) is 4.79 Å². The largest absolute Gasteiger partial charge is 0.330 e. The van der Waals surface area contributed by atoms with Crippen LogP contribution in [0.15, 0.2) is 22.7 Å². The topological polar surface area (TPSA) is 43.1 Å². The third kappa shape index (κ3) is 3.89.